The number of benzene rings is 2. The van der Waals surface area contributed by atoms with E-state index < -0.39 is 0 Å². The van der Waals surface area contributed by atoms with Gasteiger partial charge in [0.1, 0.15) is 11.6 Å². The van der Waals surface area contributed by atoms with Crippen LogP contribution in [-0.2, 0) is 6.54 Å². The second-order valence-electron chi connectivity index (χ2n) is 7.35. The van der Waals surface area contributed by atoms with Crippen molar-refractivity contribution in [1.82, 2.24) is 14.8 Å². The first-order valence-corrected chi connectivity index (χ1v) is 10.3. The minimum absolute atomic E-state index is 0.103. The molecule has 5 rings (SSSR count). The molecule has 3 N–H and O–H groups in total. The van der Waals surface area contributed by atoms with Gasteiger partial charge in [0.05, 0.1) is 5.92 Å². The average molecular weight is 460 g/mol. The Morgan fingerprint density at radius 3 is 2.77 bits per heavy atom. The molecule has 1 aliphatic heterocycles. The number of aromatic amines is 1. The SMILES string of the molecule is Cc1[nH]nc2c1C(c1cn(Cc3ccc(Br)cc3)c3ccccc13)C(C#N)=C(N)O2. The third-order valence-electron chi connectivity index (χ3n) is 5.53. The van der Waals surface area contributed by atoms with Crippen molar-refractivity contribution >= 4 is 26.8 Å². The van der Waals surface area contributed by atoms with Crippen molar-refractivity contribution in [3.05, 3.63) is 93.0 Å². The Hall–Kier alpha value is -3.50. The number of allylic oxidation sites excluding steroid dienone is 1. The van der Waals surface area contributed by atoms with E-state index in [9.17, 15) is 5.26 Å². The normalized spacial score (nSPS) is 15.7. The lowest BCUT2D eigenvalue weighted by Gasteiger charge is -2.23. The Bertz CT molecular complexity index is 1340. The van der Waals surface area contributed by atoms with Crippen molar-refractivity contribution in [2.45, 2.75) is 19.4 Å². The Kier molecular flexibility index (Phi) is 4.37. The summed E-state index contributed by atoms with van der Waals surface area (Å²) in [5, 5.41) is 18.2. The number of hydrogen-bond acceptors (Lipinski definition) is 4. The highest BCUT2D eigenvalue weighted by Crippen LogP contribution is 2.45. The van der Waals surface area contributed by atoms with Gasteiger partial charge in [-0.15, -0.1) is 5.10 Å². The van der Waals surface area contributed by atoms with Crippen LogP contribution in [-0.4, -0.2) is 14.8 Å². The van der Waals surface area contributed by atoms with Gasteiger partial charge in [-0.25, -0.2) is 0 Å². The van der Waals surface area contributed by atoms with E-state index in [2.05, 4.69) is 67.2 Å². The number of H-pyrrole nitrogens is 1. The number of aromatic nitrogens is 3. The molecule has 0 aliphatic carbocycles. The van der Waals surface area contributed by atoms with Gasteiger partial charge in [-0.2, -0.15) is 5.26 Å². The summed E-state index contributed by atoms with van der Waals surface area (Å²) >= 11 is 3.49. The monoisotopic (exact) mass is 459 g/mol. The Morgan fingerprint density at radius 1 is 1.23 bits per heavy atom. The zero-order chi connectivity index (χ0) is 20.8. The topological polar surface area (TPSA) is 92.7 Å². The van der Waals surface area contributed by atoms with Crippen LogP contribution in [0.2, 0.25) is 0 Å². The summed E-state index contributed by atoms with van der Waals surface area (Å²) in [7, 11) is 0. The van der Waals surface area contributed by atoms with Gasteiger partial charge in [0, 0.05) is 39.4 Å². The van der Waals surface area contributed by atoms with E-state index in [0.717, 1.165) is 38.7 Å². The number of nitrogens with zero attached hydrogens (tertiary/aromatic N) is 3. The van der Waals surface area contributed by atoms with Gasteiger partial charge in [0.25, 0.3) is 0 Å². The van der Waals surface area contributed by atoms with Crippen molar-refractivity contribution < 1.29 is 4.74 Å². The molecule has 1 unspecified atom stereocenters. The molecule has 0 bridgehead atoms. The summed E-state index contributed by atoms with van der Waals surface area (Å²) < 4.78 is 8.88. The van der Waals surface area contributed by atoms with Gasteiger partial charge in [-0.1, -0.05) is 46.3 Å². The molecular formula is C23H18BrN5O. The predicted octanol–water partition coefficient (Wildman–Crippen LogP) is 4.70. The minimum atomic E-state index is -0.339. The number of nitrogens with two attached hydrogens (primary N) is 1. The summed E-state index contributed by atoms with van der Waals surface area (Å²) in [4.78, 5) is 0. The summed E-state index contributed by atoms with van der Waals surface area (Å²) in [5.41, 5.74) is 11.5. The number of para-hydroxylation sites is 1. The fourth-order valence-electron chi connectivity index (χ4n) is 4.13. The molecule has 0 spiro atoms. The van der Waals surface area contributed by atoms with E-state index >= 15 is 0 Å². The molecule has 3 heterocycles. The second kappa shape index (κ2) is 7.08. The van der Waals surface area contributed by atoms with Crippen molar-refractivity contribution in [2.24, 2.45) is 5.73 Å². The lowest BCUT2D eigenvalue weighted by atomic mass is 9.84. The molecule has 2 aromatic carbocycles. The van der Waals surface area contributed by atoms with E-state index in [1.54, 1.807) is 0 Å². The number of nitrogens with one attached hydrogen (secondary N) is 1. The molecule has 0 saturated heterocycles. The van der Waals surface area contributed by atoms with E-state index in [0.29, 0.717) is 11.5 Å². The van der Waals surface area contributed by atoms with Crippen molar-refractivity contribution in [3.63, 3.8) is 0 Å². The zero-order valence-electron chi connectivity index (χ0n) is 16.2. The van der Waals surface area contributed by atoms with Crippen molar-refractivity contribution in [2.75, 3.05) is 0 Å². The third kappa shape index (κ3) is 2.88. The number of halogens is 1. The van der Waals surface area contributed by atoms with Gasteiger partial charge in [0.15, 0.2) is 0 Å². The maximum Gasteiger partial charge on any atom is 0.244 e. The van der Waals surface area contributed by atoms with Gasteiger partial charge < -0.3 is 15.0 Å². The first kappa shape index (κ1) is 18.5. The van der Waals surface area contributed by atoms with Crippen LogP contribution in [0.1, 0.15) is 28.3 Å². The molecule has 6 nitrogen and oxygen atoms in total. The van der Waals surface area contributed by atoms with Crippen molar-refractivity contribution in [1.29, 1.82) is 5.26 Å². The van der Waals surface area contributed by atoms with Crippen LogP contribution in [0, 0.1) is 18.3 Å². The molecule has 30 heavy (non-hydrogen) atoms. The molecule has 1 atom stereocenters. The van der Waals surface area contributed by atoms with Gasteiger partial charge in [-0.3, -0.25) is 5.10 Å². The fraction of sp³-hybridized carbons (Fsp3) is 0.130. The van der Waals surface area contributed by atoms with Crippen LogP contribution in [0.15, 0.2) is 70.7 Å². The first-order chi connectivity index (χ1) is 14.6. The summed E-state index contributed by atoms with van der Waals surface area (Å²) in [5.74, 6) is 0.193. The van der Waals surface area contributed by atoms with Crippen molar-refractivity contribution in [3.8, 4) is 11.9 Å². The van der Waals surface area contributed by atoms with Crippen LogP contribution in [0.3, 0.4) is 0 Å². The van der Waals surface area contributed by atoms with Gasteiger partial charge in [0.2, 0.25) is 11.8 Å². The number of aryl methyl sites for hydroxylation is 1. The summed E-state index contributed by atoms with van der Waals surface area (Å²) in [6.07, 6.45) is 2.11. The maximum atomic E-state index is 9.88. The molecule has 0 fully saturated rings. The van der Waals surface area contributed by atoms with Crippen LogP contribution >= 0.6 is 15.9 Å². The van der Waals surface area contributed by atoms with Crippen LogP contribution < -0.4 is 10.5 Å². The zero-order valence-corrected chi connectivity index (χ0v) is 17.8. The Balaban J connectivity index is 1.71. The van der Waals surface area contributed by atoms with Crippen LogP contribution in [0.4, 0.5) is 0 Å². The molecule has 4 aromatic rings. The highest BCUT2D eigenvalue weighted by molar-refractivity contribution is 9.10. The largest absolute Gasteiger partial charge is 0.420 e. The highest BCUT2D eigenvalue weighted by atomic mass is 79.9. The third-order valence-corrected chi connectivity index (χ3v) is 6.05. The maximum absolute atomic E-state index is 9.88. The van der Waals surface area contributed by atoms with Gasteiger partial charge >= 0.3 is 0 Å². The Morgan fingerprint density at radius 2 is 2.00 bits per heavy atom. The minimum Gasteiger partial charge on any atom is -0.420 e. The molecule has 148 valence electrons. The molecule has 0 saturated carbocycles. The molecule has 1 aliphatic rings. The smallest absolute Gasteiger partial charge is 0.244 e. The highest BCUT2D eigenvalue weighted by Gasteiger charge is 2.35. The lowest BCUT2D eigenvalue weighted by Crippen LogP contribution is -2.21. The van der Waals surface area contributed by atoms with Crippen LogP contribution in [0.25, 0.3) is 10.9 Å². The molecule has 2 aromatic heterocycles. The quantitative estimate of drug-likeness (QED) is 0.464. The molecule has 7 heteroatoms. The van der Waals surface area contributed by atoms with E-state index in [1.807, 2.05) is 31.2 Å². The van der Waals surface area contributed by atoms with E-state index in [4.69, 9.17) is 10.5 Å². The standard InChI is InChI=1S/C23H18BrN5O/c1-13-20-21(17(10-25)22(26)30-23(20)28-27-13)18-12-29(19-5-3-2-4-16(18)19)11-14-6-8-15(24)9-7-14/h2-9,12,21H,11,26H2,1H3,(H,27,28). The van der Waals surface area contributed by atoms with E-state index in [-0.39, 0.29) is 11.8 Å². The number of fused-ring (bicyclic) bond motifs is 2. The fourth-order valence-corrected chi connectivity index (χ4v) is 4.40. The second-order valence-corrected chi connectivity index (χ2v) is 8.26. The summed E-state index contributed by atoms with van der Waals surface area (Å²) in [6.45, 7) is 2.65. The molecular weight excluding hydrogens is 442 g/mol. The van der Waals surface area contributed by atoms with E-state index in [1.165, 1.54) is 5.56 Å². The predicted molar refractivity (Wildman–Crippen MR) is 118 cm³/mol. The molecule has 0 radical (unpaired) electrons. The van der Waals surface area contributed by atoms with Gasteiger partial charge in [-0.05, 0) is 36.2 Å². The number of hydrogen-bond donors (Lipinski definition) is 2. The van der Waals surface area contributed by atoms with Crippen LogP contribution in [0.5, 0.6) is 5.88 Å². The Labute approximate surface area is 181 Å². The number of rotatable bonds is 3. The summed E-state index contributed by atoms with van der Waals surface area (Å²) in [6, 6.07) is 18.8. The molecule has 0 amide bonds. The number of ether oxygens (including phenoxy) is 1. The lowest BCUT2D eigenvalue weighted by molar-refractivity contribution is 0.379. The number of nitriles is 1. The first-order valence-electron chi connectivity index (χ1n) is 9.51. The average Bonchev–Trinajstić information content (AvgIpc) is 3.29.